The summed E-state index contributed by atoms with van der Waals surface area (Å²) in [5.41, 5.74) is 1.51. The molecule has 0 aliphatic carbocycles. The van der Waals surface area contributed by atoms with E-state index in [1.54, 1.807) is 65.8 Å². The number of para-hydroxylation sites is 1. The fourth-order valence-corrected chi connectivity index (χ4v) is 3.54. The smallest absolute Gasteiger partial charge is 0.340 e. The van der Waals surface area contributed by atoms with Gasteiger partial charge in [-0.05, 0) is 45.7 Å². The minimum absolute atomic E-state index is 0.125. The van der Waals surface area contributed by atoms with Crippen LogP contribution in [0, 0.1) is 19.8 Å². The Hall–Kier alpha value is -3.62. The van der Waals surface area contributed by atoms with Gasteiger partial charge in [0, 0.05) is 11.4 Å². The highest BCUT2D eigenvalue weighted by Crippen LogP contribution is 2.21. The second kappa shape index (κ2) is 12.0. The van der Waals surface area contributed by atoms with E-state index in [1.165, 1.54) is 0 Å². The van der Waals surface area contributed by atoms with E-state index in [4.69, 9.17) is 14.2 Å². The first-order valence-electron chi connectivity index (χ1n) is 11.2. The van der Waals surface area contributed by atoms with Crippen molar-refractivity contribution in [2.45, 2.75) is 47.6 Å². The summed E-state index contributed by atoms with van der Waals surface area (Å²) in [6.07, 6.45) is 0. The van der Waals surface area contributed by atoms with Crippen LogP contribution in [0.4, 0.5) is 0 Å². The van der Waals surface area contributed by atoms with Gasteiger partial charge in [-0.1, -0.05) is 26.0 Å². The lowest BCUT2D eigenvalue weighted by Crippen LogP contribution is -2.45. The minimum Gasteiger partial charge on any atom is -0.493 e. The molecule has 9 heteroatoms. The Balaban J connectivity index is 2.14. The van der Waals surface area contributed by atoms with Gasteiger partial charge >= 0.3 is 11.9 Å². The van der Waals surface area contributed by atoms with Crippen LogP contribution in [0.2, 0.25) is 0 Å². The van der Waals surface area contributed by atoms with Crippen LogP contribution in [-0.4, -0.2) is 54.5 Å². The van der Waals surface area contributed by atoms with Gasteiger partial charge in [-0.25, -0.2) is 9.59 Å². The molecule has 9 nitrogen and oxygen atoms in total. The van der Waals surface area contributed by atoms with Crippen LogP contribution in [0.3, 0.4) is 0 Å². The number of benzene rings is 1. The molecule has 1 atom stereocenters. The van der Waals surface area contributed by atoms with E-state index in [9.17, 15) is 19.2 Å². The predicted octanol–water partition coefficient (Wildman–Crippen LogP) is 3.39. The molecule has 2 aromatic rings. The Labute approximate surface area is 199 Å². The first-order valence-corrected chi connectivity index (χ1v) is 11.2. The van der Waals surface area contributed by atoms with Gasteiger partial charge in [0.25, 0.3) is 5.91 Å². The summed E-state index contributed by atoms with van der Waals surface area (Å²) in [4.78, 5) is 53.7. The van der Waals surface area contributed by atoms with Crippen molar-refractivity contribution in [1.29, 1.82) is 0 Å². The Kier molecular flexibility index (Phi) is 9.41. The van der Waals surface area contributed by atoms with E-state index in [-0.39, 0.29) is 29.2 Å². The Morgan fingerprint density at radius 3 is 2.21 bits per heavy atom. The number of aromatic nitrogens is 1. The molecular formula is C25H32N2O7. The lowest BCUT2D eigenvalue weighted by atomic mass is 10.0. The third kappa shape index (κ3) is 6.24. The maximum absolute atomic E-state index is 12.9. The van der Waals surface area contributed by atoms with Crippen molar-refractivity contribution in [2.75, 3.05) is 19.8 Å². The van der Waals surface area contributed by atoms with E-state index >= 15 is 0 Å². The van der Waals surface area contributed by atoms with Crippen molar-refractivity contribution in [3.63, 3.8) is 0 Å². The van der Waals surface area contributed by atoms with Gasteiger partial charge in [0.1, 0.15) is 11.8 Å². The highest BCUT2D eigenvalue weighted by Gasteiger charge is 2.30. The van der Waals surface area contributed by atoms with Gasteiger partial charge in [0.05, 0.1) is 29.9 Å². The van der Waals surface area contributed by atoms with Crippen molar-refractivity contribution in [3.8, 4) is 5.75 Å². The number of Topliss-reactive ketones (excluding diaryl/α,β-unsaturated/α-hetero) is 1. The summed E-state index contributed by atoms with van der Waals surface area (Å²) in [7, 11) is 0. The minimum atomic E-state index is -0.992. The standard InChI is InChI=1S/C25H32N2O7/c1-7-32-19-12-10-9-11-17(19)23(29)27-22(14(3)4)25(31)34-13-18(28)20-15(5)26-16(6)21(20)24(30)33-8-2/h9-12,14,22,26H,7-8,13H2,1-6H3,(H,27,29)/t22-/m0/s1. The molecule has 0 aliphatic heterocycles. The number of aromatic amines is 1. The fraction of sp³-hybridized carbons (Fsp3) is 0.440. The number of carbonyl (C=O) groups excluding carboxylic acids is 4. The van der Waals surface area contributed by atoms with Crippen LogP contribution in [0.1, 0.15) is 70.2 Å². The summed E-state index contributed by atoms with van der Waals surface area (Å²) in [5, 5.41) is 2.67. The average molecular weight is 473 g/mol. The van der Waals surface area contributed by atoms with Gasteiger partial charge in [-0.2, -0.15) is 0 Å². The molecule has 0 saturated heterocycles. The third-order valence-electron chi connectivity index (χ3n) is 5.12. The summed E-state index contributed by atoms with van der Waals surface area (Å²) in [6.45, 7) is 10.2. The highest BCUT2D eigenvalue weighted by atomic mass is 16.5. The number of rotatable bonds is 11. The number of aryl methyl sites for hydroxylation is 2. The number of amides is 1. The number of ether oxygens (including phenoxy) is 3. The van der Waals surface area contributed by atoms with Crippen molar-refractivity contribution in [1.82, 2.24) is 10.3 Å². The highest BCUT2D eigenvalue weighted by molar-refractivity contribution is 6.09. The zero-order valence-electron chi connectivity index (χ0n) is 20.4. The van der Waals surface area contributed by atoms with Gasteiger partial charge in [0.2, 0.25) is 5.78 Å². The van der Waals surface area contributed by atoms with E-state index in [0.717, 1.165) is 0 Å². The van der Waals surface area contributed by atoms with Gasteiger partial charge < -0.3 is 24.5 Å². The van der Waals surface area contributed by atoms with Crippen molar-refractivity contribution in [2.24, 2.45) is 5.92 Å². The van der Waals surface area contributed by atoms with Crippen LogP contribution >= 0.6 is 0 Å². The van der Waals surface area contributed by atoms with Crippen LogP contribution in [0.5, 0.6) is 5.75 Å². The van der Waals surface area contributed by atoms with Crippen molar-refractivity contribution in [3.05, 3.63) is 52.3 Å². The van der Waals surface area contributed by atoms with Gasteiger partial charge in [-0.3, -0.25) is 9.59 Å². The Morgan fingerprint density at radius 2 is 1.59 bits per heavy atom. The first kappa shape index (κ1) is 26.6. The molecule has 0 spiro atoms. The van der Waals surface area contributed by atoms with Crippen LogP contribution < -0.4 is 10.1 Å². The quantitative estimate of drug-likeness (QED) is 0.379. The number of carbonyl (C=O) groups is 4. The molecule has 0 aliphatic rings. The van der Waals surface area contributed by atoms with E-state index < -0.39 is 36.3 Å². The molecule has 1 aromatic carbocycles. The third-order valence-corrected chi connectivity index (χ3v) is 5.12. The normalized spacial score (nSPS) is 11.6. The van der Waals surface area contributed by atoms with E-state index in [1.807, 2.05) is 0 Å². The molecule has 2 rings (SSSR count). The number of esters is 2. The molecular weight excluding hydrogens is 440 g/mol. The van der Waals surface area contributed by atoms with E-state index in [2.05, 4.69) is 10.3 Å². The van der Waals surface area contributed by atoms with Gasteiger partial charge in [-0.15, -0.1) is 0 Å². The zero-order chi connectivity index (χ0) is 25.4. The second-order valence-electron chi connectivity index (χ2n) is 8.00. The zero-order valence-corrected chi connectivity index (χ0v) is 20.4. The largest absolute Gasteiger partial charge is 0.493 e. The van der Waals surface area contributed by atoms with E-state index in [0.29, 0.717) is 23.7 Å². The molecule has 1 amide bonds. The molecule has 1 heterocycles. The number of ketones is 1. The molecule has 184 valence electrons. The van der Waals surface area contributed by atoms with Crippen molar-refractivity contribution < 1.29 is 33.4 Å². The number of hydrogen-bond donors (Lipinski definition) is 2. The maximum atomic E-state index is 12.9. The maximum Gasteiger partial charge on any atom is 0.340 e. The molecule has 0 unspecified atom stereocenters. The first-order chi connectivity index (χ1) is 16.1. The second-order valence-corrected chi connectivity index (χ2v) is 8.00. The Morgan fingerprint density at radius 1 is 0.941 bits per heavy atom. The summed E-state index contributed by atoms with van der Waals surface area (Å²) >= 11 is 0. The molecule has 0 radical (unpaired) electrons. The molecule has 0 bridgehead atoms. The van der Waals surface area contributed by atoms with Crippen LogP contribution in [0.15, 0.2) is 24.3 Å². The monoisotopic (exact) mass is 472 g/mol. The SMILES string of the molecule is CCOC(=O)c1c(C)[nH]c(C)c1C(=O)COC(=O)[C@@H](NC(=O)c1ccccc1OCC)C(C)C. The molecule has 0 saturated carbocycles. The molecule has 1 aromatic heterocycles. The average Bonchev–Trinajstić information content (AvgIpc) is 3.09. The van der Waals surface area contributed by atoms with Crippen LogP contribution in [0.25, 0.3) is 0 Å². The molecule has 34 heavy (non-hydrogen) atoms. The fourth-order valence-electron chi connectivity index (χ4n) is 3.54. The lowest BCUT2D eigenvalue weighted by Gasteiger charge is -2.21. The molecule has 0 fully saturated rings. The topological polar surface area (TPSA) is 124 Å². The number of nitrogens with one attached hydrogen (secondary N) is 2. The summed E-state index contributed by atoms with van der Waals surface area (Å²) in [5.74, 6) is -2.33. The number of H-pyrrole nitrogens is 1. The lowest BCUT2D eigenvalue weighted by molar-refractivity contribution is -0.145. The number of hydrogen-bond acceptors (Lipinski definition) is 7. The predicted molar refractivity (Wildman–Crippen MR) is 125 cm³/mol. The van der Waals surface area contributed by atoms with Crippen molar-refractivity contribution >= 4 is 23.6 Å². The van der Waals surface area contributed by atoms with Crippen LogP contribution in [-0.2, 0) is 14.3 Å². The molecule has 2 N–H and O–H groups in total. The Bertz CT molecular complexity index is 1060. The van der Waals surface area contributed by atoms with Gasteiger partial charge in [0.15, 0.2) is 6.61 Å². The summed E-state index contributed by atoms with van der Waals surface area (Å²) < 4.78 is 15.8. The summed E-state index contributed by atoms with van der Waals surface area (Å²) in [6, 6.07) is 5.72.